The summed E-state index contributed by atoms with van der Waals surface area (Å²) in [6, 6.07) is 0. The van der Waals surface area contributed by atoms with Gasteiger partial charge in [0.15, 0.2) is 5.90 Å². The van der Waals surface area contributed by atoms with Gasteiger partial charge in [-0.1, -0.05) is 5.57 Å². The molecule has 0 aliphatic carbocycles. The quantitative estimate of drug-likeness (QED) is 0.309. The van der Waals surface area contributed by atoms with Crippen LogP contribution in [0.2, 0.25) is 19.6 Å². The van der Waals surface area contributed by atoms with Crippen molar-refractivity contribution in [3.05, 3.63) is 11.8 Å². The Balaban J connectivity index is 4.35. The predicted molar refractivity (Wildman–Crippen MR) is 62.0 cm³/mol. The van der Waals surface area contributed by atoms with Crippen LogP contribution in [0.4, 0.5) is 0 Å². The van der Waals surface area contributed by atoms with E-state index in [1.54, 1.807) is 6.20 Å². The zero-order valence-electron chi connectivity index (χ0n) is 9.02. The third-order valence-electron chi connectivity index (χ3n) is 1.01. The first kappa shape index (κ1) is 12.7. The van der Waals surface area contributed by atoms with Crippen molar-refractivity contribution in [3.63, 3.8) is 0 Å². The Bertz CT molecular complexity index is 214. The molecule has 0 fully saturated rings. The maximum atomic E-state index is 5.69. The first-order valence-corrected chi connectivity index (χ1v) is 8.24. The molecule has 4 heteroatoms. The monoisotopic (exact) mass is 219 g/mol. The molecule has 2 nitrogen and oxygen atoms in total. The van der Waals surface area contributed by atoms with Gasteiger partial charge in [0.05, 0.1) is 5.88 Å². The Kier molecular flexibility index (Phi) is 5.33. The lowest BCUT2D eigenvalue weighted by Gasteiger charge is -2.18. The summed E-state index contributed by atoms with van der Waals surface area (Å²) in [5, 5.41) is 0. The number of allylic oxidation sites excluding steroid dienone is 1. The van der Waals surface area contributed by atoms with Crippen LogP contribution in [-0.4, -0.2) is 20.1 Å². The highest BCUT2D eigenvalue weighted by Crippen LogP contribution is 2.05. The molecule has 0 aromatic heterocycles. The average molecular weight is 220 g/mol. The van der Waals surface area contributed by atoms with Crippen LogP contribution in [-0.2, 0) is 4.43 Å². The molecule has 0 saturated heterocycles. The van der Waals surface area contributed by atoms with Gasteiger partial charge in [-0.2, -0.15) is 0 Å². The highest BCUT2D eigenvalue weighted by molar-refractivity contribution is 6.71. The molecule has 0 bridgehead atoms. The van der Waals surface area contributed by atoms with E-state index in [-0.39, 0.29) is 0 Å². The van der Waals surface area contributed by atoms with Crippen molar-refractivity contribution in [3.8, 4) is 0 Å². The molecule has 0 aromatic rings. The second-order valence-electron chi connectivity index (χ2n) is 4.08. The van der Waals surface area contributed by atoms with Crippen LogP contribution in [0.1, 0.15) is 13.8 Å². The van der Waals surface area contributed by atoms with E-state index in [4.69, 9.17) is 16.0 Å². The molecule has 0 radical (unpaired) electrons. The number of aliphatic imine (C=N–C) groups is 1. The maximum absolute atomic E-state index is 5.69. The summed E-state index contributed by atoms with van der Waals surface area (Å²) in [5.74, 6) is 0.968. The second-order valence-corrected chi connectivity index (χ2v) is 8.77. The number of alkyl halides is 1. The number of hydrogen-bond acceptors (Lipinski definition) is 2. The summed E-state index contributed by atoms with van der Waals surface area (Å²) in [6.45, 7) is 10.3. The van der Waals surface area contributed by atoms with Crippen LogP contribution >= 0.6 is 11.6 Å². The van der Waals surface area contributed by atoms with Crippen molar-refractivity contribution in [2.75, 3.05) is 5.88 Å². The van der Waals surface area contributed by atoms with Crippen molar-refractivity contribution in [2.24, 2.45) is 4.99 Å². The lowest BCUT2D eigenvalue weighted by molar-refractivity contribution is 0.548. The molecule has 0 N–H and O–H groups in total. The first-order chi connectivity index (χ1) is 5.85. The molecule has 76 valence electrons. The molecule has 0 aliphatic rings. The maximum Gasteiger partial charge on any atom is 0.243 e. The fraction of sp³-hybridized carbons (Fsp3) is 0.667. The van der Waals surface area contributed by atoms with Crippen molar-refractivity contribution < 1.29 is 4.43 Å². The van der Waals surface area contributed by atoms with Crippen LogP contribution in [0, 0.1) is 0 Å². The summed E-state index contributed by atoms with van der Waals surface area (Å²) in [4.78, 5) is 4.16. The van der Waals surface area contributed by atoms with Crippen LogP contribution in [0.15, 0.2) is 16.8 Å². The highest BCUT2D eigenvalue weighted by atomic mass is 35.5. The van der Waals surface area contributed by atoms with E-state index >= 15 is 0 Å². The van der Waals surface area contributed by atoms with Gasteiger partial charge in [0.2, 0.25) is 8.32 Å². The minimum atomic E-state index is -1.56. The molecule has 0 spiro atoms. The Morgan fingerprint density at radius 2 is 1.92 bits per heavy atom. The lowest BCUT2D eigenvalue weighted by atomic mass is 10.4. The SMILES string of the molecule is CC(C)=CN=C(CCl)O[Si](C)(C)C. The van der Waals surface area contributed by atoms with E-state index in [0.29, 0.717) is 11.8 Å². The fourth-order valence-electron chi connectivity index (χ4n) is 0.643. The van der Waals surface area contributed by atoms with Gasteiger partial charge in [0, 0.05) is 6.20 Å². The molecule has 0 rings (SSSR count). The molecule has 0 atom stereocenters. The summed E-state index contributed by atoms with van der Waals surface area (Å²) in [5.41, 5.74) is 1.14. The molecule has 0 aromatic carbocycles. The summed E-state index contributed by atoms with van der Waals surface area (Å²) >= 11 is 5.69. The molecule has 13 heavy (non-hydrogen) atoms. The van der Waals surface area contributed by atoms with Crippen molar-refractivity contribution >= 4 is 25.8 Å². The number of rotatable bonds is 3. The van der Waals surface area contributed by atoms with E-state index in [1.165, 1.54) is 0 Å². The van der Waals surface area contributed by atoms with Gasteiger partial charge in [-0.25, -0.2) is 4.99 Å². The Morgan fingerprint density at radius 3 is 2.23 bits per heavy atom. The topological polar surface area (TPSA) is 21.6 Å². The first-order valence-electron chi connectivity index (χ1n) is 4.30. The molecule has 0 amide bonds. The Morgan fingerprint density at radius 1 is 1.38 bits per heavy atom. The minimum Gasteiger partial charge on any atom is -0.534 e. The van der Waals surface area contributed by atoms with Gasteiger partial charge in [0.25, 0.3) is 0 Å². The van der Waals surface area contributed by atoms with Crippen LogP contribution in [0.25, 0.3) is 0 Å². The summed E-state index contributed by atoms with van der Waals surface area (Å²) in [7, 11) is -1.56. The van der Waals surface area contributed by atoms with E-state index in [0.717, 1.165) is 5.57 Å². The van der Waals surface area contributed by atoms with Gasteiger partial charge < -0.3 is 4.43 Å². The van der Waals surface area contributed by atoms with Gasteiger partial charge in [-0.3, -0.25) is 0 Å². The molecule has 0 heterocycles. The molecule has 0 saturated carbocycles. The third-order valence-corrected chi connectivity index (χ3v) is 2.08. The predicted octanol–water partition coefficient (Wildman–Crippen LogP) is 3.40. The standard InChI is InChI=1S/C9H18ClNOSi/c1-8(2)7-11-9(6-10)12-13(3,4)5/h7H,6H2,1-5H3. The van der Waals surface area contributed by atoms with Crippen LogP contribution in [0.5, 0.6) is 0 Å². The number of halogens is 1. The van der Waals surface area contributed by atoms with Gasteiger partial charge in [0.1, 0.15) is 0 Å². The normalized spacial score (nSPS) is 12.6. The summed E-state index contributed by atoms with van der Waals surface area (Å²) in [6.07, 6.45) is 1.78. The molecule has 0 aliphatic heterocycles. The fourth-order valence-corrected chi connectivity index (χ4v) is 1.69. The van der Waals surface area contributed by atoms with Crippen molar-refractivity contribution in [1.82, 2.24) is 0 Å². The van der Waals surface area contributed by atoms with Gasteiger partial charge in [-0.15, -0.1) is 11.6 Å². The van der Waals surface area contributed by atoms with Crippen molar-refractivity contribution in [2.45, 2.75) is 33.5 Å². The van der Waals surface area contributed by atoms with E-state index < -0.39 is 8.32 Å². The smallest absolute Gasteiger partial charge is 0.243 e. The van der Waals surface area contributed by atoms with Crippen molar-refractivity contribution in [1.29, 1.82) is 0 Å². The van der Waals surface area contributed by atoms with E-state index in [9.17, 15) is 0 Å². The minimum absolute atomic E-state index is 0.341. The molecule has 0 unspecified atom stereocenters. The molecular weight excluding hydrogens is 202 g/mol. The largest absolute Gasteiger partial charge is 0.534 e. The van der Waals surface area contributed by atoms with E-state index in [1.807, 2.05) is 13.8 Å². The average Bonchev–Trinajstić information content (AvgIpc) is 1.95. The second kappa shape index (κ2) is 5.45. The van der Waals surface area contributed by atoms with Gasteiger partial charge in [-0.05, 0) is 33.5 Å². The van der Waals surface area contributed by atoms with E-state index in [2.05, 4.69) is 24.6 Å². The zero-order valence-corrected chi connectivity index (χ0v) is 10.8. The van der Waals surface area contributed by atoms with Crippen LogP contribution in [0.3, 0.4) is 0 Å². The third kappa shape index (κ3) is 8.06. The summed E-state index contributed by atoms with van der Waals surface area (Å²) < 4.78 is 5.65. The highest BCUT2D eigenvalue weighted by Gasteiger charge is 2.17. The molecular formula is C9H18ClNOSi. The zero-order chi connectivity index (χ0) is 10.5. The van der Waals surface area contributed by atoms with Crippen LogP contribution < -0.4 is 0 Å². The lowest BCUT2D eigenvalue weighted by Crippen LogP contribution is -2.29. The number of nitrogens with zero attached hydrogens (tertiary/aromatic N) is 1. The Labute approximate surface area is 86.8 Å². The number of hydrogen-bond donors (Lipinski definition) is 0. The Hall–Kier alpha value is -0.283. The van der Waals surface area contributed by atoms with Gasteiger partial charge >= 0.3 is 0 Å².